The fraction of sp³-hybridized carbons (Fsp3) is 0.286. The molecule has 6 nitrogen and oxygen atoms in total. The van der Waals surface area contributed by atoms with Gasteiger partial charge in [-0.05, 0) is 41.7 Å². The first-order valence-corrected chi connectivity index (χ1v) is 9.48. The highest BCUT2D eigenvalue weighted by Gasteiger charge is 2.30. The standard InChI is InChI=1S/C21H19F3N4O2/c22-21(23,24)11-26-19(30)9-13-1-3-14(4-2-13)17-10-18(28(12-29)15-5-6-15)27-20-16(17)7-8-25-20/h1-4,7-8,10,12,15H,5-6,9,11H2,(H,25,27)(H,26,30). The van der Waals surface area contributed by atoms with Gasteiger partial charge in [-0.3, -0.25) is 14.5 Å². The number of aromatic amines is 1. The van der Waals surface area contributed by atoms with Gasteiger partial charge in [0.25, 0.3) is 0 Å². The quantitative estimate of drug-likeness (QED) is 0.578. The SMILES string of the molecule is O=CN(c1cc(-c2ccc(CC(=O)NCC(F)(F)F)cc2)c2cc[nH]c2n1)C1CC1. The van der Waals surface area contributed by atoms with Gasteiger partial charge < -0.3 is 10.3 Å². The molecule has 1 aromatic carbocycles. The third-order valence-electron chi connectivity index (χ3n) is 4.95. The first-order valence-electron chi connectivity index (χ1n) is 9.48. The second-order valence-electron chi connectivity index (χ2n) is 7.28. The van der Waals surface area contributed by atoms with Gasteiger partial charge in [-0.2, -0.15) is 13.2 Å². The van der Waals surface area contributed by atoms with Crippen LogP contribution in [0.1, 0.15) is 18.4 Å². The number of H-pyrrole nitrogens is 1. The van der Waals surface area contributed by atoms with Crippen LogP contribution in [0.2, 0.25) is 0 Å². The summed E-state index contributed by atoms with van der Waals surface area (Å²) in [5.41, 5.74) is 2.98. The molecule has 2 aromatic heterocycles. The molecule has 9 heteroatoms. The number of nitrogens with one attached hydrogen (secondary N) is 2. The molecule has 3 aromatic rings. The van der Waals surface area contributed by atoms with Crippen molar-refractivity contribution >= 4 is 29.2 Å². The van der Waals surface area contributed by atoms with Crippen molar-refractivity contribution in [1.29, 1.82) is 0 Å². The lowest BCUT2D eigenvalue weighted by molar-refractivity contribution is -0.138. The van der Waals surface area contributed by atoms with Crippen LogP contribution >= 0.6 is 0 Å². The Labute approximate surface area is 170 Å². The minimum atomic E-state index is -4.43. The maximum atomic E-state index is 12.2. The van der Waals surface area contributed by atoms with Crippen LogP contribution in [0.15, 0.2) is 42.6 Å². The molecule has 0 atom stereocenters. The number of carbonyl (C=O) groups is 2. The van der Waals surface area contributed by atoms with Crippen molar-refractivity contribution in [2.45, 2.75) is 31.5 Å². The molecule has 30 heavy (non-hydrogen) atoms. The first kappa shape index (κ1) is 19.9. The minimum Gasteiger partial charge on any atom is -0.347 e. The largest absolute Gasteiger partial charge is 0.405 e. The lowest BCUT2D eigenvalue weighted by Gasteiger charge is -2.17. The van der Waals surface area contributed by atoms with Crippen LogP contribution in [0.25, 0.3) is 22.2 Å². The Morgan fingerprint density at radius 1 is 1.23 bits per heavy atom. The summed E-state index contributed by atoms with van der Waals surface area (Å²) >= 11 is 0. The number of hydrogen-bond donors (Lipinski definition) is 2. The fourth-order valence-corrected chi connectivity index (χ4v) is 3.32. The summed E-state index contributed by atoms with van der Waals surface area (Å²) in [6, 6.07) is 10.9. The monoisotopic (exact) mass is 416 g/mol. The second-order valence-corrected chi connectivity index (χ2v) is 7.28. The number of benzene rings is 1. The van der Waals surface area contributed by atoms with Crippen LogP contribution in [0, 0.1) is 0 Å². The zero-order valence-corrected chi connectivity index (χ0v) is 15.9. The second kappa shape index (κ2) is 7.81. The van der Waals surface area contributed by atoms with Crippen LogP contribution in [0.5, 0.6) is 0 Å². The Morgan fingerprint density at radius 3 is 2.60 bits per heavy atom. The molecule has 1 aliphatic carbocycles. The van der Waals surface area contributed by atoms with E-state index in [-0.39, 0.29) is 12.5 Å². The molecule has 0 saturated heterocycles. The van der Waals surface area contributed by atoms with E-state index >= 15 is 0 Å². The number of fused-ring (bicyclic) bond motifs is 1. The molecule has 0 radical (unpaired) electrons. The van der Waals surface area contributed by atoms with Gasteiger partial charge in [0.1, 0.15) is 18.0 Å². The van der Waals surface area contributed by atoms with Crippen LogP contribution < -0.4 is 10.2 Å². The first-order chi connectivity index (χ1) is 14.3. The van der Waals surface area contributed by atoms with Gasteiger partial charge in [-0.1, -0.05) is 24.3 Å². The highest BCUT2D eigenvalue weighted by atomic mass is 19.4. The van der Waals surface area contributed by atoms with Gasteiger partial charge >= 0.3 is 6.18 Å². The number of pyridine rings is 1. The lowest BCUT2D eigenvalue weighted by atomic mass is 10.0. The average Bonchev–Trinajstić information content (AvgIpc) is 3.42. The predicted molar refractivity (Wildman–Crippen MR) is 106 cm³/mol. The Bertz CT molecular complexity index is 1070. The average molecular weight is 416 g/mol. The van der Waals surface area contributed by atoms with Crippen LogP contribution in [0.4, 0.5) is 19.0 Å². The molecule has 2 N–H and O–H groups in total. The van der Waals surface area contributed by atoms with Crippen molar-refractivity contribution in [2.24, 2.45) is 0 Å². The van der Waals surface area contributed by atoms with E-state index < -0.39 is 18.6 Å². The molecule has 0 bridgehead atoms. The maximum absolute atomic E-state index is 12.2. The topological polar surface area (TPSA) is 78.1 Å². The molecule has 2 amide bonds. The van der Waals surface area contributed by atoms with Crippen molar-refractivity contribution in [2.75, 3.05) is 11.4 Å². The number of carbonyl (C=O) groups excluding carboxylic acids is 2. The van der Waals surface area contributed by atoms with Crippen LogP contribution in [0.3, 0.4) is 0 Å². The predicted octanol–water partition coefficient (Wildman–Crippen LogP) is 3.58. The molecule has 156 valence electrons. The third kappa shape index (κ3) is 4.45. The molecular formula is C21H19F3N4O2. The Morgan fingerprint density at radius 2 is 1.97 bits per heavy atom. The van der Waals surface area contributed by atoms with Gasteiger partial charge in [-0.15, -0.1) is 0 Å². The third-order valence-corrected chi connectivity index (χ3v) is 4.95. The van der Waals surface area contributed by atoms with Gasteiger partial charge in [0.05, 0.1) is 6.42 Å². The highest BCUT2D eigenvalue weighted by Crippen LogP contribution is 2.35. The maximum Gasteiger partial charge on any atom is 0.405 e. The molecule has 2 heterocycles. The van der Waals surface area contributed by atoms with Gasteiger partial charge in [0.15, 0.2) is 0 Å². The summed E-state index contributed by atoms with van der Waals surface area (Å²) in [6.45, 7) is -1.34. The number of halogens is 3. The van der Waals surface area contributed by atoms with E-state index in [1.807, 2.05) is 17.4 Å². The van der Waals surface area contributed by atoms with Crippen LogP contribution in [-0.4, -0.2) is 41.0 Å². The van der Waals surface area contributed by atoms with E-state index in [9.17, 15) is 22.8 Å². The summed E-state index contributed by atoms with van der Waals surface area (Å²) in [5.74, 6) is -0.126. The molecule has 0 spiro atoms. The highest BCUT2D eigenvalue weighted by molar-refractivity contribution is 5.96. The van der Waals surface area contributed by atoms with E-state index in [0.29, 0.717) is 17.0 Å². The molecule has 4 rings (SSSR count). The van der Waals surface area contributed by atoms with Gasteiger partial charge in [0, 0.05) is 17.6 Å². The normalized spacial score (nSPS) is 14.0. The van der Waals surface area contributed by atoms with E-state index in [4.69, 9.17) is 0 Å². The lowest BCUT2D eigenvalue weighted by Crippen LogP contribution is -2.34. The van der Waals surface area contributed by atoms with E-state index in [0.717, 1.165) is 35.8 Å². The molecule has 1 aliphatic rings. The Hall–Kier alpha value is -3.36. The molecular weight excluding hydrogens is 397 g/mol. The molecule has 0 aliphatic heterocycles. The van der Waals surface area contributed by atoms with Crippen LogP contribution in [-0.2, 0) is 16.0 Å². The minimum absolute atomic E-state index is 0.141. The van der Waals surface area contributed by atoms with Gasteiger partial charge in [-0.25, -0.2) is 4.98 Å². The molecule has 1 saturated carbocycles. The molecule has 1 fully saturated rings. The van der Waals surface area contributed by atoms with Crippen molar-refractivity contribution in [3.8, 4) is 11.1 Å². The smallest absolute Gasteiger partial charge is 0.347 e. The zero-order chi connectivity index (χ0) is 21.3. The Kier molecular flexibility index (Phi) is 5.19. The molecule has 0 unspecified atom stereocenters. The number of hydrogen-bond acceptors (Lipinski definition) is 3. The number of anilines is 1. The number of rotatable bonds is 7. The van der Waals surface area contributed by atoms with Crippen molar-refractivity contribution in [1.82, 2.24) is 15.3 Å². The van der Waals surface area contributed by atoms with E-state index in [1.165, 1.54) is 0 Å². The van der Waals surface area contributed by atoms with Crippen molar-refractivity contribution in [3.63, 3.8) is 0 Å². The zero-order valence-electron chi connectivity index (χ0n) is 15.9. The van der Waals surface area contributed by atoms with Crippen molar-refractivity contribution in [3.05, 3.63) is 48.2 Å². The van der Waals surface area contributed by atoms with E-state index in [1.54, 1.807) is 35.4 Å². The number of amides is 2. The van der Waals surface area contributed by atoms with Gasteiger partial charge in [0.2, 0.25) is 12.3 Å². The van der Waals surface area contributed by atoms with Crippen molar-refractivity contribution < 1.29 is 22.8 Å². The fourth-order valence-electron chi connectivity index (χ4n) is 3.32. The summed E-state index contributed by atoms with van der Waals surface area (Å²) in [6.07, 6.45) is -0.115. The Balaban J connectivity index is 1.57. The van der Waals surface area contributed by atoms with E-state index in [2.05, 4.69) is 9.97 Å². The number of nitrogens with zero attached hydrogens (tertiary/aromatic N) is 2. The summed E-state index contributed by atoms with van der Waals surface area (Å²) in [4.78, 5) is 32.5. The number of aromatic nitrogens is 2. The summed E-state index contributed by atoms with van der Waals surface area (Å²) in [5, 5.41) is 2.75. The number of alkyl halides is 3. The summed E-state index contributed by atoms with van der Waals surface area (Å²) < 4.78 is 36.7. The summed E-state index contributed by atoms with van der Waals surface area (Å²) in [7, 11) is 0.